The molecule has 2 saturated heterocycles. The second kappa shape index (κ2) is 10.6. The first-order valence-electron chi connectivity index (χ1n) is 12.2. The van der Waals surface area contributed by atoms with Crippen molar-refractivity contribution in [2.45, 2.75) is 57.1 Å². The molecule has 2 unspecified atom stereocenters. The van der Waals surface area contributed by atoms with E-state index in [9.17, 15) is 9.90 Å². The third-order valence-corrected chi connectivity index (χ3v) is 9.04. The number of fused-ring (bicyclic) bond motifs is 2. The van der Waals surface area contributed by atoms with Crippen LogP contribution in [0.15, 0.2) is 33.3 Å². The van der Waals surface area contributed by atoms with Gasteiger partial charge in [0.15, 0.2) is 0 Å². The van der Waals surface area contributed by atoms with Crippen LogP contribution in [0.25, 0.3) is 0 Å². The molecule has 3 aliphatic rings. The van der Waals surface area contributed by atoms with Crippen molar-refractivity contribution < 1.29 is 9.90 Å². The lowest BCUT2D eigenvalue weighted by Crippen LogP contribution is -2.43. The number of benzene rings is 1. The number of aliphatic hydroxyl groups is 1. The molecule has 0 spiro atoms. The number of carbonyl (C=O) groups is 1. The van der Waals surface area contributed by atoms with Crippen molar-refractivity contribution in [1.82, 2.24) is 15.2 Å². The van der Waals surface area contributed by atoms with Crippen molar-refractivity contribution >= 4 is 49.4 Å². The molecule has 5 nitrogen and oxygen atoms in total. The number of aliphatic hydroxyl groups excluding tert-OH is 1. The maximum atomic E-state index is 13.0. The Kier molecular flexibility index (Phi) is 7.66. The van der Waals surface area contributed by atoms with Crippen LogP contribution in [-0.2, 0) is 17.6 Å². The van der Waals surface area contributed by atoms with Crippen LogP contribution in [0.1, 0.15) is 60.4 Å². The van der Waals surface area contributed by atoms with E-state index in [0.717, 1.165) is 65.7 Å². The number of amides is 1. The van der Waals surface area contributed by atoms with Crippen molar-refractivity contribution in [3.8, 4) is 0 Å². The first-order valence-corrected chi connectivity index (χ1v) is 14.2. The van der Waals surface area contributed by atoms with Gasteiger partial charge in [-0.15, -0.1) is 0 Å². The Balaban J connectivity index is 1.36. The highest BCUT2D eigenvalue weighted by molar-refractivity contribution is 9.10. The highest BCUT2D eigenvalue weighted by atomic mass is 79.9. The van der Waals surface area contributed by atoms with Gasteiger partial charge in [-0.1, -0.05) is 27.5 Å². The average Bonchev–Trinajstić information content (AvgIpc) is 2.96. The van der Waals surface area contributed by atoms with Gasteiger partial charge in [0.05, 0.1) is 5.69 Å². The second-order valence-electron chi connectivity index (χ2n) is 9.92. The van der Waals surface area contributed by atoms with E-state index in [1.54, 1.807) is 0 Å². The largest absolute Gasteiger partial charge is 0.379 e. The molecule has 8 heteroatoms. The van der Waals surface area contributed by atoms with Crippen LogP contribution < -0.4 is 5.32 Å². The minimum atomic E-state index is -0.479. The molecular formula is C26H30Br2ClN3O2. The number of hydrogen-bond acceptors (Lipinski definition) is 4. The maximum absolute atomic E-state index is 13.0. The Bertz CT molecular complexity index is 1070. The number of nitrogens with zero attached hydrogens (tertiary/aromatic N) is 2. The summed E-state index contributed by atoms with van der Waals surface area (Å²) in [5, 5.41) is 13.7. The van der Waals surface area contributed by atoms with Gasteiger partial charge in [-0.2, -0.15) is 0 Å². The summed E-state index contributed by atoms with van der Waals surface area (Å²) in [4.78, 5) is 20.0. The second-order valence-corrected chi connectivity index (χ2v) is 12.1. The van der Waals surface area contributed by atoms with E-state index in [1.807, 2.05) is 17.2 Å². The Labute approximate surface area is 222 Å². The number of piperidine rings is 2. The van der Waals surface area contributed by atoms with Gasteiger partial charge < -0.3 is 10.0 Å². The molecular weight excluding hydrogens is 582 g/mol. The third kappa shape index (κ3) is 5.24. The first-order chi connectivity index (χ1) is 16.4. The van der Waals surface area contributed by atoms with E-state index in [1.165, 1.54) is 22.4 Å². The molecule has 3 atom stereocenters. The number of hydrogen-bond donors (Lipinski definition) is 2. The zero-order chi connectivity index (χ0) is 23.8. The summed E-state index contributed by atoms with van der Waals surface area (Å²) < 4.78 is 2.07. The standard InChI is InChI=1S/C26H30Br2ClN3O2/c27-19-11-18-2-1-17-12-20(29)13-21(28)24(17)25(26(18)31-14-19)16-4-7-32(8-5-16)23(34)10-15-3-6-30-22(33)9-15/h11-16,22,25,30,33H,1-10H2/t15?,22?,25-/m1/s1. The van der Waals surface area contributed by atoms with E-state index in [2.05, 4.69) is 49.3 Å². The van der Waals surface area contributed by atoms with Crippen LogP contribution in [0, 0.1) is 11.8 Å². The van der Waals surface area contributed by atoms with Gasteiger partial charge in [0.2, 0.25) is 5.91 Å². The van der Waals surface area contributed by atoms with Gasteiger partial charge in [0.1, 0.15) is 6.23 Å². The fourth-order valence-electron chi connectivity index (χ4n) is 6.04. The SMILES string of the molecule is O=C(CC1CCNC(O)C1)N1CCC([C@H]2c3ncc(Br)cc3CCc3cc(Cl)cc(Br)c32)CC1. The predicted molar refractivity (Wildman–Crippen MR) is 141 cm³/mol. The van der Waals surface area contributed by atoms with Crippen LogP contribution in [0.3, 0.4) is 0 Å². The number of rotatable bonds is 3. The van der Waals surface area contributed by atoms with Crippen LogP contribution >= 0.6 is 43.5 Å². The zero-order valence-electron chi connectivity index (χ0n) is 19.1. The molecule has 1 aromatic carbocycles. The molecule has 0 saturated carbocycles. The molecule has 182 valence electrons. The molecule has 2 fully saturated rings. The summed E-state index contributed by atoms with van der Waals surface area (Å²) in [5.41, 5.74) is 5.06. The Morgan fingerprint density at radius 3 is 2.68 bits per heavy atom. The lowest BCUT2D eigenvalue weighted by molar-refractivity contribution is -0.134. The van der Waals surface area contributed by atoms with E-state index in [-0.39, 0.29) is 17.7 Å². The smallest absolute Gasteiger partial charge is 0.222 e. The maximum Gasteiger partial charge on any atom is 0.222 e. The molecule has 2 N–H and O–H groups in total. The van der Waals surface area contributed by atoms with E-state index >= 15 is 0 Å². The lowest BCUT2D eigenvalue weighted by Gasteiger charge is -2.38. The fraction of sp³-hybridized carbons (Fsp3) is 0.538. The van der Waals surface area contributed by atoms with E-state index < -0.39 is 6.23 Å². The van der Waals surface area contributed by atoms with E-state index in [4.69, 9.17) is 16.6 Å². The van der Waals surface area contributed by atoms with Crippen molar-refractivity contribution in [3.05, 3.63) is 60.7 Å². The quantitative estimate of drug-likeness (QED) is 0.486. The molecule has 1 aliphatic carbocycles. The number of aryl methyl sites for hydroxylation is 2. The minimum Gasteiger partial charge on any atom is -0.379 e. The molecule has 1 aromatic heterocycles. The fourth-order valence-corrected chi connectivity index (χ4v) is 7.54. The van der Waals surface area contributed by atoms with Gasteiger partial charge in [-0.05, 0) is 108 Å². The zero-order valence-corrected chi connectivity index (χ0v) is 23.0. The molecule has 3 heterocycles. The first kappa shape index (κ1) is 24.7. The van der Waals surface area contributed by atoms with Crippen molar-refractivity contribution in [1.29, 1.82) is 0 Å². The summed E-state index contributed by atoms with van der Waals surface area (Å²) in [7, 11) is 0. The Morgan fingerprint density at radius 2 is 1.91 bits per heavy atom. The minimum absolute atomic E-state index is 0.184. The Morgan fingerprint density at radius 1 is 1.15 bits per heavy atom. The molecule has 2 aliphatic heterocycles. The molecule has 34 heavy (non-hydrogen) atoms. The Hall–Kier alpha value is -0.990. The highest BCUT2D eigenvalue weighted by Gasteiger charge is 2.36. The number of pyridine rings is 1. The summed E-state index contributed by atoms with van der Waals surface area (Å²) in [6.45, 7) is 2.34. The monoisotopic (exact) mass is 609 g/mol. The molecule has 1 amide bonds. The summed E-state index contributed by atoms with van der Waals surface area (Å²) in [6.07, 6.45) is 7.38. The van der Waals surface area contributed by atoms with Crippen LogP contribution in [0.5, 0.6) is 0 Å². The normalized spacial score (nSPS) is 25.4. The van der Waals surface area contributed by atoms with Gasteiger partial charge in [-0.25, -0.2) is 0 Å². The van der Waals surface area contributed by atoms with Crippen molar-refractivity contribution in [2.24, 2.45) is 11.8 Å². The third-order valence-electron chi connectivity index (χ3n) is 7.73. The van der Waals surface area contributed by atoms with Crippen LogP contribution in [0.2, 0.25) is 5.02 Å². The predicted octanol–water partition coefficient (Wildman–Crippen LogP) is 5.44. The highest BCUT2D eigenvalue weighted by Crippen LogP contribution is 2.46. The molecule has 2 aromatic rings. The topological polar surface area (TPSA) is 65.5 Å². The van der Waals surface area contributed by atoms with Gasteiger partial charge in [0, 0.05) is 45.6 Å². The summed E-state index contributed by atoms with van der Waals surface area (Å²) in [6, 6.07) is 6.33. The van der Waals surface area contributed by atoms with Crippen molar-refractivity contribution in [3.63, 3.8) is 0 Å². The van der Waals surface area contributed by atoms with Crippen LogP contribution in [0.4, 0.5) is 0 Å². The van der Waals surface area contributed by atoms with Gasteiger partial charge in [0.25, 0.3) is 0 Å². The molecule has 0 radical (unpaired) electrons. The average molecular weight is 612 g/mol. The molecule has 0 bridgehead atoms. The van der Waals surface area contributed by atoms with Gasteiger partial charge >= 0.3 is 0 Å². The molecule has 5 rings (SSSR count). The number of aromatic nitrogens is 1. The van der Waals surface area contributed by atoms with Crippen LogP contribution in [-0.4, -0.2) is 46.8 Å². The van der Waals surface area contributed by atoms with E-state index in [0.29, 0.717) is 18.8 Å². The summed E-state index contributed by atoms with van der Waals surface area (Å²) in [5.74, 6) is 1.09. The number of carbonyl (C=O) groups excluding carboxylic acids is 1. The number of halogens is 3. The van der Waals surface area contributed by atoms with Crippen molar-refractivity contribution in [2.75, 3.05) is 19.6 Å². The lowest BCUT2D eigenvalue weighted by atomic mass is 9.76. The number of likely N-dealkylation sites (tertiary alicyclic amines) is 1. The number of nitrogens with one attached hydrogen (secondary N) is 1. The summed E-state index contributed by atoms with van der Waals surface area (Å²) >= 11 is 13.9. The van der Waals surface area contributed by atoms with Gasteiger partial charge in [-0.3, -0.25) is 15.1 Å².